The summed E-state index contributed by atoms with van der Waals surface area (Å²) in [6, 6.07) is 8.95. The van der Waals surface area contributed by atoms with Crippen LogP contribution in [0.5, 0.6) is 23.0 Å². The van der Waals surface area contributed by atoms with Gasteiger partial charge in [0.05, 0.1) is 40.5 Å². The molecule has 2 atom stereocenters. The zero-order valence-corrected chi connectivity index (χ0v) is 17.0. The van der Waals surface area contributed by atoms with Crippen LogP contribution < -0.4 is 36.3 Å². The number of methoxy groups -OCH3 is 4. The topological polar surface area (TPSA) is 41.4 Å². The summed E-state index contributed by atoms with van der Waals surface area (Å²) in [5.41, 5.74) is 5.38. The molecule has 0 spiro atoms. The van der Waals surface area contributed by atoms with Gasteiger partial charge in [-0.25, -0.2) is 0 Å². The third-order valence-corrected chi connectivity index (χ3v) is 5.80. The highest BCUT2D eigenvalue weighted by Crippen LogP contribution is 2.40. The van der Waals surface area contributed by atoms with Gasteiger partial charge < -0.3 is 36.3 Å². The average molecular weight is 392 g/mol. The van der Waals surface area contributed by atoms with E-state index in [9.17, 15) is 0 Å². The first kappa shape index (κ1) is 19.6. The number of ether oxygens (including phenoxy) is 4. The lowest BCUT2D eigenvalue weighted by molar-refractivity contribution is -0.949. The lowest BCUT2D eigenvalue weighted by Crippen LogP contribution is -3.13. The van der Waals surface area contributed by atoms with Crippen molar-refractivity contribution < 1.29 is 36.3 Å². The molecular formula is C21H26ClNO4. The molecule has 2 aromatic carbocycles. The third-order valence-electron chi connectivity index (χ3n) is 5.80. The molecule has 146 valence electrons. The largest absolute Gasteiger partial charge is 1.00 e. The first-order valence-electron chi connectivity index (χ1n) is 9.02. The molecule has 0 bridgehead atoms. The van der Waals surface area contributed by atoms with Gasteiger partial charge in [-0.15, -0.1) is 0 Å². The van der Waals surface area contributed by atoms with E-state index in [1.54, 1.807) is 33.3 Å². The molecule has 4 rings (SSSR count). The molecule has 0 amide bonds. The molecule has 0 fully saturated rings. The maximum Gasteiger partial charge on any atom is 0.169 e. The highest BCUT2D eigenvalue weighted by molar-refractivity contribution is 5.53. The molecule has 1 N–H and O–H groups in total. The van der Waals surface area contributed by atoms with Crippen LogP contribution in [0.2, 0.25) is 0 Å². The van der Waals surface area contributed by atoms with Crippen molar-refractivity contribution in [3.8, 4) is 23.0 Å². The Morgan fingerprint density at radius 1 is 0.852 bits per heavy atom. The van der Waals surface area contributed by atoms with E-state index in [-0.39, 0.29) is 12.4 Å². The number of halogens is 1. The minimum atomic E-state index is 0. The monoisotopic (exact) mass is 391 g/mol. The number of quaternary nitrogens is 1. The molecule has 5 nitrogen and oxygen atoms in total. The smallest absolute Gasteiger partial charge is 0.169 e. The van der Waals surface area contributed by atoms with Gasteiger partial charge in [0.1, 0.15) is 12.6 Å². The maximum absolute atomic E-state index is 5.68. The van der Waals surface area contributed by atoms with Crippen LogP contribution in [0.1, 0.15) is 28.3 Å². The van der Waals surface area contributed by atoms with Crippen molar-refractivity contribution >= 4 is 0 Å². The SMILES string of the molecule is COc1cc2c(cc1OC)[C@@H]1Cc3ccc(OC)c(OC)c3C[NH+]1CC2.[Cl-]. The standard InChI is InChI=1S/C21H25NO4.ClH/c1-23-18-6-5-13-9-17-15-11-20(25-3)19(24-2)10-14(15)7-8-22(17)12-16(13)21(18)26-4;/h5-6,10-11,17H,7-9,12H2,1-4H3;1H/t17-;/m0./s1. The van der Waals surface area contributed by atoms with Gasteiger partial charge in [-0.2, -0.15) is 0 Å². The van der Waals surface area contributed by atoms with Crippen LogP contribution in [-0.2, 0) is 19.4 Å². The second-order valence-electron chi connectivity index (χ2n) is 6.94. The molecule has 27 heavy (non-hydrogen) atoms. The number of benzene rings is 2. The second kappa shape index (κ2) is 7.87. The van der Waals surface area contributed by atoms with Crippen LogP contribution in [-0.4, -0.2) is 35.0 Å². The van der Waals surface area contributed by atoms with Gasteiger partial charge >= 0.3 is 0 Å². The van der Waals surface area contributed by atoms with Gasteiger partial charge in [0.2, 0.25) is 0 Å². The third kappa shape index (κ3) is 3.19. The van der Waals surface area contributed by atoms with Gasteiger partial charge in [-0.3, -0.25) is 0 Å². The van der Waals surface area contributed by atoms with E-state index >= 15 is 0 Å². The quantitative estimate of drug-likeness (QED) is 0.723. The molecule has 6 heteroatoms. The molecule has 0 aliphatic carbocycles. The lowest BCUT2D eigenvalue weighted by Gasteiger charge is -2.39. The summed E-state index contributed by atoms with van der Waals surface area (Å²) in [6.07, 6.45) is 2.04. The number of fused-ring (bicyclic) bond motifs is 4. The van der Waals surface area contributed by atoms with Crippen molar-refractivity contribution in [2.45, 2.75) is 25.4 Å². The fourth-order valence-corrected chi connectivity index (χ4v) is 4.50. The van der Waals surface area contributed by atoms with Crippen molar-refractivity contribution in [1.29, 1.82) is 0 Å². The minimum absolute atomic E-state index is 0. The molecule has 2 aromatic rings. The van der Waals surface area contributed by atoms with E-state index in [0.29, 0.717) is 6.04 Å². The highest BCUT2D eigenvalue weighted by atomic mass is 35.5. The van der Waals surface area contributed by atoms with Crippen molar-refractivity contribution in [1.82, 2.24) is 0 Å². The summed E-state index contributed by atoms with van der Waals surface area (Å²) < 4.78 is 22.2. The first-order chi connectivity index (χ1) is 12.7. The molecule has 0 radical (unpaired) electrons. The van der Waals surface area contributed by atoms with E-state index in [2.05, 4.69) is 18.2 Å². The molecule has 2 aliphatic rings. The first-order valence-corrected chi connectivity index (χ1v) is 9.02. The number of rotatable bonds is 4. The molecule has 2 heterocycles. The Hall–Kier alpha value is -2.11. The van der Waals surface area contributed by atoms with Gasteiger partial charge in [0.15, 0.2) is 23.0 Å². The van der Waals surface area contributed by atoms with E-state index in [0.717, 1.165) is 48.9 Å². The Labute approximate surface area is 166 Å². The zero-order chi connectivity index (χ0) is 18.3. The summed E-state index contributed by atoms with van der Waals surface area (Å²) in [5.74, 6) is 3.32. The predicted molar refractivity (Wildman–Crippen MR) is 98.8 cm³/mol. The Morgan fingerprint density at radius 2 is 1.56 bits per heavy atom. The second-order valence-corrected chi connectivity index (χ2v) is 6.94. The van der Waals surface area contributed by atoms with E-state index < -0.39 is 0 Å². The molecule has 0 saturated heterocycles. The summed E-state index contributed by atoms with van der Waals surface area (Å²) >= 11 is 0. The zero-order valence-electron chi connectivity index (χ0n) is 16.2. The van der Waals surface area contributed by atoms with Crippen LogP contribution >= 0.6 is 0 Å². The van der Waals surface area contributed by atoms with E-state index in [1.807, 2.05) is 6.07 Å². The van der Waals surface area contributed by atoms with Crippen LogP contribution in [0.4, 0.5) is 0 Å². The number of nitrogens with one attached hydrogen (secondary N) is 1. The summed E-state index contributed by atoms with van der Waals surface area (Å²) in [5, 5.41) is 0. The highest BCUT2D eigenvalue weighted by Gasteiger charge is 2.38. The average Bonchev–Trinajstić information content (AvgIpc) is 2.70. The van der Waals surface area contributed by atoms with E-state index in [1.165, 1.54) is 22.3 Å². The van der Waals surface area contributed by atoms with E-state index in [4.69, 9.17) is 18.9 Å². The van der Waals surface area contributed by atoms with Gasteiger partial charge in [0, 0.05) is 18.4 Å². The van der Waals surface area contributed by atoms with Crippen LogP contribution in [0, 0.1) is 0 Å². The minimum Gasteiger partial charge on any atom is -1.00 e. The predicted octanol–water partition coefficient (Wildman–Crippen LogP) is -1.04. The normalized spacial score (nSPS) is 19.7. The number of hydrogen-bond acceptors (Lipinski definition) is 4. The van der Waals surface area contributed by atoms with Gasteiger partial charge in [-0.1, -0.05) is 6.07 Å². The number of hydrogen-bond donors (Lipinski definition) is 1. The Bertz CT molecular complexity index is 839. The van der Waals surface area contributed by atoms with Crippen molar-refractivity contribution in [3.05, 3.63) is 46.5 Å². The summed E-state index contributed by atoms with van der Waals surface area (Å²) in [6.45, 7) is 2.06. The molecule has 0 saturated carbocycles. The summed E-state index contributed by atoms with van der Waals surface area (Å²) in [4.78, 5) is 1.57. The summed E-state index contributed by atoms with van der Waals surface area (Å²) in [7, 11) is 6.81. The van der Waals surface area contributed by atoms with Crippen LogP contribution in [0.3, 0.4) is 0 Å². The maximum atomic E-state index is 5.68. The fourth-order valence-electron chi connectivity index (χ4n) is 4.50. The van der Waals surface area contributed by atoms with Gasteiger partial charge in [0.25, 0.3) is 0 Å². The van der Waals surface area contributed by atoms with Crippen LogP contribution in [0.25, 0.3) is 0 Å². The Balaban J connectivity index is 0.00000210. The van der Waals surface area contributed by atoms with Crippen molar-refractivity contribution in [3.63, 3.8) is 0 Å². The van der Waals surface area contributed by atoms with Gasteiger partial charge in [-0.05, 0) is 29.3 Å². The van der Waals surface area contributed by atoms with Crippen molar-refractivity contribution in [2.24, 2.45) is 0 Å². The lowest BCUT2D eigenvalue weighted by atomic mass is 9.83. The molecule has 0 aromatic heterocycles. The van der Waals surface area contributed by atoms with Crippen molar-refractivity contribution in [2.75, 3.05) is 35.0 Å². The van der Waals surface area contributed by atoms with Crippen LogP contribution in [0.15, 0.2) is 24.3 Å². The molecular weight excluding hydrogens is 366 g/mol. The molecule has 2 aliphatic heterocycles. The Kier molecular flexibility index (Phi) is 5.72. The fraction of sp³-hybridized carbons (Fsp3) is 0.429. The molecule has 1 unspecified atom stereocenters. The Morgan fingerprint density at radius 3 is 2.22 bits per heavy atom.